The molecular formula is C14H12BrN3O. The van der Waals surface area contributed by atoms with E-state index in [2.05, 4.69) is 32.1 Å². The number of para-hydroxylation sites is 1. The van der Waals surface area contributed by atoms with E-state index in [1.165, 1.54) is 0 Å². The Kier molecular flexibility index (Phi) is 3.21. The van der Waals surface area contributed by atoms with E-state index in [1.807, 2.05) is 36.0 Å². The second-order valence-electron chi connectivity index (χ2n) is 4.21. The number of halogens is 1. The van der Waals surface area contributed by atoms with Gasteiger partial charge in [-0.2, -0.15) is 5.10 Å². The smallest absolute Gasteiger partial charge is 0.139 e. The van der Waals surface area contributed by atoms with Crippen molar-refractivity contribution in [2.45, 2.75) is 6.61 Å². The zero-order valence-electron chi connectivity index (χ0n) is 10.4. The minimum atomic E-state index is 0.430. The molecule has 19 heavy (non-hydrogen) atoms. The van der Waals surface area contributed by atoms with Gasteiger partial charge in [0.05, 0.1) is 11.7 Å². The van der Waals surface area contributed by atoms with Crippen molar-refractivity contribution in [3.63, 3.8) is 0 Å². The van der Waals surface area contributed by atoms with Crippen molar-refractivity contribution >= 4 is 26.8 Å². The average Bonchev–Trinajstić information content (AvgIpc) is 2.74. The van der Waals surface area contributed by atoms with E-state index in [0.29, 0.717) is 6.61 Å². The molecule has 0 bridgehead atoms. The number of benzene rings is 1. The molecule has 4 nitrogen and oxygen atoms in total. The molecule has 0 atom stereocenters. The van der Waals surface area contributed by atoms with E-state index in [-0.39, 0.29) is 0 Å². The Labute approximate surface area is 119 Å². The van der Waals surface area contributed by atoms with Crippen LogP contribution >= 0.6 is 15.9 Å². The molecule has 0 saturated heterocycles. The molecule has 96 valence electrons. The van der Waals surface area contributed by atoms with Gasteiger partial charge < -0.3 is 4.74 Å². The maximum atomic E-state index is 5.73. The molecule has 5 heteroatoms. The third-order valence-electron chi connectivity index (χ3n) is 2.89. The van der Waals surface area contributed by atoms with Crippen molar-refractivity contribution < 1.29 is 4.74 Å². The van der Waals surface area contributed by atoms with Crippen LogP contribution in [0.4, 0.5) is 0 Å². The van der Waals surface area contributed by atoms with Crippen molar-refractivity contribution in [2.75, 3.05) is 0 Å². The summed E-state index contributed by atoms with van der Waals surface area (Å²) in [6, 6.07) is 10.0. The lowest BCUT2D eigenvalue weighted by Gasteiger charge is -2.04. The van der Waals surface area contributed by atoms with Crippen LogP contribution in [0.15, 0.2) is 47.2 Å². The van der Waals surface area contributed by atoms with Crippen LogP contribution in [0.3, 0.4) is 0 Å². The second kappa shape index (κ2) is 5.01. The lowest BCUT2D eigenvalue weighted by atomic mass is 10.2. The number of aryl methyl sites for hydroxylation is 1. The normalized spacial score (nSPS) is 10.8. The molecule has 0 amide bonds. The number of ether oxygens (including phenoxy) is 1. The van der Waals surface area contributed by atoms with Gasteiger partial charge in [-0.1, -0.05) is 18.2 Å². The fraction of sp³-hybridized carbons (Fsp3) is 0.143. The van der Waals surface area contributed by atoms with Crippen LogP contribution in [-0.4, -0.2) is 14.8 Å². The molecule has 0 spiro atoms. The summed E-state index contributed by atoms with van der Waals surface area (Å²) >= 11 is 3.37. The van der Waals surface area contributed by atoms with Gasteiger partial charge in [0.25, 0.3) is 0 Å². The van der Waals surface area contributed by atoms with Gasteiger partial charge in [-0.3, -0.25) is 9.67 Å². The summed E-state index contributed by atoms with van der Waals surface area (Å²) in [6.45, 7) is 0.430. The van der Waals surface area contributed by atoms with E-state index < -0.39 is 0 Å². The number of hydrogen-bond donors (Lipinski definition) is 0. The van der Waals surface area contributed by atoms with Gasteiger partial charge in [-0.15, -0.1) is 0 Å². The Morgan fingerprint density at radius 1 is 1.26 bits per heavy atom. The minimum absolute atomic E-state index is 0.430. The zero-order valence-corrected chi connectivity index (χ0v) is 12.0. The van der Waals surface area contributed by atoms with E-state index in [1.54, 1.807) is 12.4 Å². The highest BCUT2D eigenvalue weighted by Gasteiger charge is 2.08. The lowest BCUT2D eigenvalue weighted by Crippen LogP contribution is -1.98. The van der Waals surface area contributed by atoms with E-state index in [4.69, 9.17) is 4.74 Å². The van der Waals surface area contributed by atoms with Gasteiger partial charge >= 0.3 is 0 Å². The molecule has 0 unspecified atom stereocenters. The monoisotopic (exact) mass is 317 g/mol. The first kappa shape index (κ1) is 12.2. The SMILES string of the molecule is Cn1nc(COc2cncc(Br)c2)c2ccccc21. The molecular weight excluding hydrogens is 306 g/mol. The van der Waals surface area contributed by atoms with Crippen molar-refractivity contribution in [3.05, 3.63) is 52.9 Å². The number of fused-ring (bicyclic) bond motifs is 1. The van der Waals surface area contributed by atoms with Gasteiger partial charge in [0.2, 0.25) is 0 Å². The summed E-state index contributed by atoms with van der Waals surface area (Å²) in [7, 11) is 1.94. The molecule has 2 heterocycles. The molecule has 3 aromatic rings. The van der Waals surface area contributed by atoms with Crippen LogP contribution in [0, 0.1) is 0 Å². The molecule has 0 N–H and O–H groups in total. The fourth-order valence-corrected chi connectivity index (χ4v) is 2.36. The molecule has 0 radical (unpaired) electrons. The lowest BCUT2D eigenvalue weighted by molar-refractivity contribution is 0.300. The Balaban J connectivity index is 1.86. The second-order valence-corrected chi connectivity index (χ2v) is 5.13. The summed E-state index contributed by atoms with van der Waals surface area (Å²) in [5.74, 6) is 0.726. The Hall–Kier alpha value is -1.88. The van der Waals surface area contributed by atoms with Gasteiger partial charge in [0, 0.05) is 23.1 Å². The maximum Gasteiger partial charge on any atom is 0.139 e. The van der Waals surface area contributed by atoms with Gasteiger partial charge in [0.1, 0.15) is 18.1 Å². The predicted octanol–water partition coefficient (Wildman–Crippen LogP) is 3.31. The number of rotatable bonds is 3. The molecule has 0 aliphatic heterocycles. The number of hydrogen-bond acceptors (Lipinski definition) is 3. The zero-order chi connectivity index (χ0) is 13.2. The maximum absolute atomic E-state index is 5.73. The first-order valence-electron chi connectivity index (χ1n) is 5.88. The molecule has 0 aliphatic rings. The first-order chi connectivity index (χ1) is 9.24. The molecule has 3 rings (SSSR count). The predicted molar refractivity (Wildman–Crippen MR) is 77.0 cm³/mol. The minimum Gasteiger partial charge on any atom is -0.486 e. The van der Waals surface area contributed by atoms with Crippen LogP contribution in [0.25, 0.3) is 10.9 Å². The molecule has 0 aliphatic carbocycles. The third-order valence-corrected chi connectivity index (χ3v) is 3.32. The summed E-state index contributed by atoms with van der Waals surface area (Å²) < 4.78 is 8.49. The summed E-state index contributed by atoms with van der Waals surface area (Å²) in [5, 5.41) is 5.61. The largest absolute Gasteiger partial charge is 0.486 e. The van der Waals surface area contributed by atoms with Gasteiger partial charge in [0.15, 0.2) is 0 Å². The highest BCUT2D eigenvalue weighted by molar-refractivity contribution is 9.10. The fourth-order valence-electron chi connectivity index (χ4n) is 2.02. The number of aromatic nitrogens is 3. The summed E-state index contributed by atoms with van der Waals surface area (Å²) in [5.41, 5.74) is 2.03. The quantitative estimate of drug-likeness (QED) is 0.744. The Morgan fingerprint density at radius 2 is 2.11 bits per heavy atom. The highest BCUT2D eigenvalue weighted by atomic mass is 79.9. The summed E-state index contributed by atoms with van der Waals surface area (Å²) in [4.78, 5) is 4.07. The van der Waals surface area contributed by atoms with Crippen molar-refractivity contribution in [1.29, 1.82) is 0 Å². The van der Waals surface area contributed by atoms with Crippen LogP contribution in [0.5, 0.6) is 5.75 Å². The van der Waals surface area contributed by atoms with Crippen molar-refractivity contribution in [2.24, 2.45) is 7.05 Å². The molecule has 0 saturated carbocycles. The molecule has 0 fully saturated rings. The van der Waals surface area contributed by atoms with Crippen LogP contribution in [-0.2, 0) is 13.7 Å². The Bertz CT molecular complexity index is 724. The summed E-state index contributed by atoms with van der Waals surface area (Å²) in [6.07, 6.45) is 3.42. The average molecular weight is 318 g/mol. The highest BCUT2D eigenvalue weighted by Crippen LogP contribution is 2.21. The number of nitrogens with zero attached hydrogens (tertiary/aromatic N) is 3. The number of pyridine rings is 1. The van der Waals surface area contributed by atoms with Crippen LogP contribution < -0.4 is 4.74 Å². The third kappa shape index (κ3) is 2.46. The van der Waals surface area contributed by atoms with Crippen molar-refractivity contribution in [1.82, 2.24) is 14.8 Å². The van der Waals surface area contributed by atoms with Gasteiger partial charge in [-0.05, 0) is 28.1 Å². The molecule has 2 aromatic heterocycles. The van der Waals surface area contributed by atoms with Crippen LogP contribution in [0.1, 0.15) is 5.69 Å². The van der Waals surface area contributed by atoms with Gasteiger partial charge in [-0.25, -0.2) is 0 Å². The topological polar surface area (TPSA) is 39.9 Å². The first-order valence-corrected chi connectivity index (χ1v) is 6.67. The van der Waals surface area contributed by atoms with Crippen molar-refractivity contribution in [3.8, 4) is 5.75 Å². The Morgan fingerprint density at radius 3 is 2.95 bits per heavy atom. The van der Waals surface area contributed by atoms with E-state index >= 15 is 0 Å². The van der Waals surface area contributed by atoms with E-state index in [9.17, 15) is 0 Å². The molecule has 1 aromatic carbocycles. The van der Waals surface area contributed by atoms with E-state index in [0.717, 1.165) is 26.8 Å². The van der Waals surface area contributed by atoms with Crippen LogP contribution in [0.2, 0.25) is 0 Å². The standard InChI is InChI=1S/C14H12BrN3O/c1-18-14-5-3-2-4-12(14)13(17-18)9-19-11-6-10(15)7-16-8-11/h2-8H,9H2,1H3.